The van der Waals surface area contributed by atoms with Crippen molar-refractivity contribution in [2.45, 2.75) is 19.9 Å². The summed E-state index contributed by atoms with van der Waals surface area (Å²) >= 11 is 2.19. The van der Waals surface area contributed by atoms with Crippen LogP contribution in [0.5, 0.6) is 0 Å². The van der Waals surface area contributed by atoms with Crippen molar-refractivity contribution < 1.29 is 0 Å². The van der Waals surface area contributed by atoms with E-state index in [4.69, 9.17) is 0 Å². The van der Waals surface area contributed by atoms with Gasteiger partial charge in [-0.3, -0.25) is 0 Å². The Kier molecular flexibility index (Phi) is 4.30. The Hall–Kier alpha value is -1.17. The first kappa shape index (κ1) is 12.3. The van der Waals surface area contributed by atoms with Crippen LogP contribution in [0.3, 0.4) is 0 Å². The van der Waals surface area contributed by atoms with E-state index in [-0.39, 0.29) is 0 Å². The van der Waals surface area contributed by atoms with Crippen LogP contribution in [-0.2, 0) is 13.0 Å². The molecule has 2 aromatic rings. The predicted molar refractivity (Wildman–Crippen MR) is 77.9 cm³/mol. The summed E-state index contributed by atoms with van der Waals surface area (Å²) in [5, 5.41) is 3.24. The van der Waals surface area contributed by atoms with Gasteiger partial charge in [0, 0.05) is 22.5 Å². The second-order valence-electron chi connectivity index (χ2n) is 3.70. The molecule has 17 heavy (non-hydrogen) atoms. The molecule has 0 aliphatic carbocycles. The zero-order chi connectivity index (χ0) is 12.1. The molecule has 0 saturated carbocycles. The molecule has 0 fully saturated rings. The first-order valence-electron chi connectivity index (χ1n) is 5.58. The molecule has 3 nitrogen and oxygen atoms in total. The van der Waals surface area contributed by atoms with Crippen molar-refractivity contribution in [3.63, 3.8) is 0 Å². The Balaban J connectivity index is 2.04. The third-order valence-electron chi connectivity index (χ3n) is 2.56. The van der Waals surface area contributed by atoms with E-state index in [0.717, 1.165) is 16.5 Å². The number of nitrogens with zero attached hydrogens (tertiary/aromatic N) is 2. The van der Waals surface area contributed by atoms with E-state index in [0.29, 0.717) is 5.95 Å². The summed E-state index contributed by atoms with van der Waals surface area (Å²) in [5.41, 5.74) is 2.67. The average molecular weight is 339 g/mol. The number of aryl methyl sites for hydroxylation is 1. The monoisotopic (exact) mass is 339 g/mol. The van der Waals surface area contributed by atoms with Gasteiger partial charge in [0.05, 0.1) is 0 Å². The molecule has 0 unspecified atom stereocenters. The normalized spacial score (nSPS) is 10.2. The Morgan fingerprint density at radius 2 is 1.76 bits per heavy atom. The molecule has 2 rings (SSSR count). The Morgan fingerprint density at radius 3 is 2.41 bits per heavy atom. The Bertz CT molecular complexity index is 482. The van der Waals surface area contributed by atoms with Gasteiger partial charge in [-0.1, -0.05) is 31.2 Å². The Labute approximate surface area is 115 Å². The summed E-state index contributed by atoms with van der Waals surface area (Å²) in [4.78, 5) is 8.44. The number of halogens is 1. The molecule has 1 aromatic carbocycles. The minimum atomic E-state index is 0.677. The second-order valence-corrected chi connectivity index (χ2v) is 4.95. The molecule has 0 saturated heterocycles. The minimum Gasteiger partial charge on any atom is -0.350 e. The van der Waals surface area contributed by atoms with Crippen molar-refractivity contribution in [1.82, 2.24) is 9.97 Å². The zero-order valence-electron chi connectivity index (χ0n) is 9.65. The fraction of sp³-hybridized carbons (Fsp3) is 0.231. The predicted octanol–water partition coefficient (Wildman–Crippen LogP) is 3.26. The highest BCUT2D eigenvalue weighted by atomic mass is 127. The SMILES string of the molecule is CCc1ccccc1CNc1ncc(I)cn1. The Morgan fingerprint density at radius 1 is 1.12 bits per heavy atom. The van der Waals surface area contributed by atoms with Crippen molar-refractivity contribution in [3.8, 4) is 0 Å². The van der Waals surface area contributed by atoms with Crippen molar-refractivity contribution >= 4 is 28.5 Å². The van der Waals surface area contributed by atoms with Crippen LogP contribution in [0.4, 0.5) is 5.95 Å². The molecule has 88 valence electrons. The van der Waals surface area contributed by atoms with E-state index in [2.05, 4.69) is 69.1 Å². The van der Waals surface area contributed by atoms with Crippen LogP contribution >= 0.6 is 22.6 Å². The smallest absolute Gasteiger partial charge is 0.222 e. The van der Waals surface area contributed by atoms with Gasteiger partial charge in [-0.15, -0.1) is 0 Å². The maximum atomic E-state index is 4.22. The molecule has 0 aliphatic rings. The van der Waals surface area contributed by atoms with Crippen LogP contribution < -0.4 is 5.32 Å². The minimum absolute atomic E-state index is 0.677. The highest BCUT2D eigenvalue weighted by Gasteiger charge is 2.00. The number of benzene rings is 1. The third-order valence-corrected chi connectivity index (χ3v) is 3.11. The first-order valence-corrected chi connectivity index (χ1v) is 6.65. The number of aromatic nitrogens is 2. The van der Waals surface area contributed by atoms with Crippen LogP contribution in [0.2, 0.25) is 0 Å². The highest BCUT2D eigenvalue weighted by Crippen LogP contribution is 2.11. The van der Waals surface area contributed by atoms with Crippen LogP contribution in [0.15, 0.2) is 36.7 Å². The molecular formula is C13H14IN3. The van der Waals surface area contributed by atoms with Gasteiger partial charge in [0.2, 0.25) is 5.95 Å². The highest BCUT2D eigenvalue weighted by molar-refractivity contribution is 14.1. The lowest BCUT2D eigenvalue weighted by Crippen LogP contribution is -2.05. The standard InChI is InChI=1S/C13H14IN3/c1-2-10-5-3-4-6-11(10)7-15-13-16-8-12(14)9-17-13/h3-6,8-9H,2,7H2,1H3,(H,15,16,17). The molecule has 1 N–H and O–H groups in total. The van der Waals surface area contributed by atoms with E-state index >= 15 is 0 Å². The maximum absolute atomic E-state index is 4.22. The maximum Gasteiger partial charge on any atom is 0.222 e. The quantitative estimate of drug-likeness (QED) is 0.869. The summed E-state index contributed by atoms with van der Waals surface area (Å²) in [7, 11) is 0. The van der Waals surface area contributed by atoms with Crippen LogP contribution in [0.25, 0.3) is 0 Å². The van der Waals surface area contributed by atoms with E-state index < -0.39 is 0 Å². The molecule has 0 spiro atoms. The van der Waals surface area contributed by atoms with Gasteiger partial charge < -0.3 is 5.32 Å². The van der Waals surface area contributed by atoms with Gasteiger partial charge >= 0.3 is 0 Å². The van der Waals surface area contributed by atoms with Gasteiger partial charge in [0.15, 0.2) is 0 Å². The van der Waals surface area contributed by atoms with Crippen LogP contribution in [-0.4, -0.2) is 9.97 Å². The summed E-state index contributed by atoms with van der Waals surface area (Å²) in [6.45, 7) is 2.94. The molecule has 1 aromatic heterocycles. The van der Waals surface area contributed by atoms with Crippen LogP contribution in [0, 0.1) is 3.57 Å². The van der Waals surface area contributed by atoms with Crippen molar-refractivity contribution in [2.75, 3.05) is 5.32 Å². The van der Waals surface area contributed by atoms with E-state index in [1.54, 1.807) is 0 Å². The summed E-state index contributed by atoms with van der Waals surface area (Å²) in [6, 6.07) is 8.43. The topological polar surface area (TPSA) is 37.8 Å². The average Bonchev–Trinajstić information content (AvgIpc) is 2.38. The molecule has 0 amide bonds. The van der Waals surface area contributed by atoms with E-state index in [9.17, 15) is 0 Å². The number of hydrogen-bond acceptors (Lipinski definition) is 3. The lowest BCUT2D eigenvalue weighted by Gasteiger charge is -2.08. The molecule has 0 aliphatic heterocycles. The largest absolute Gasteiger partial charge is 0.350 e. The number of rotatable bonds is 4. The van der Waals surface area contributed by atoms with Gasteiger partial charge in [-0.2, -0.15) is 0 Å². The number of nitrogens with one attached hydrogen (secondary N) is 1. The molecule has 0 bridgehead atoms. The fourth-order valence-electron chi connectivity index (χ4n) is 1.65. The lowest BCUT2D eigenvalue weighted by molar-refractivity contribution is 1.01. The van der Waals surface area contributed by atoms with E-state index in [1.807, 2.05) is 12.4 Å². The van der Waals surface area contributed by atoms with Crippen molar-refractivity contribution in [3.05, 3.63) is 51.4 Å². The zero-order valence-corrected chi connectivity index (χ0v) is 11.8. The second kappa shape index (κ2) is 5.95. The van der Waals surface area contributed by atoms with Crippen LogP contribution in [0.1, 0.15) is 18.1 Å². The van der Waals surface area contributed by atoms with Crippen molar-refractivity contribution in [1.29, 1.82) is 0 Å². The van der Waals surface area contributed by atoms with Crippen molar-refractivity contribution in [2.24, 2.45) is 0 Å². The van der Waals surface area contributed by atoms with Gasteiger partial charge in [0.25, 0.3) is 0 Å². The van der Waals surface area contributed by atoms with Gasteiger partial charge in [0.1, 0.15) is 0 Å². The molecule has 1 heterocycles. The number of anilines is 1. The summed E-state index contributed by atoms with van der Waals surface area (Å²) in [6.07, 6.45) is 4.66. The fourth-order valence-corrected chi connectivity index (χ4v) is 1.93. The lowest BCUT2D eigenvalue weighted by atomic mass is 10.1. The van der Waals surface area contributed by atoms with Gasteiger partial charge in [-0.05, 0) is 40.1 Å². The number of hydrogen-bond donors (Lipinski definition) is 1. The van der Waals surface area contributed by atoms with Gasteiger partial charge in [-0.25, -0.2) is 9.97 Å². The van der Waals surface area contributed by atoms with E-state index in [1.165, 1.54) is 11.1 Å². The molecule has 4 heteroatoms. The third kappa shape index (κ3) is 3.39. The molecule has 0 radical (unpaired) electrons. The summed E-state index contributed by atoms with van der Waals surface area (Å²) < 4.78 is 1.04. The molecule has 0 atom stereocenters. The first-order chi connectivity index (χ1) is 8.29. The molecular weight excluding hydrogens is 325 g/mol. The summed E-state index contributed by atoms with van der Waals surface area (Å²) in [5.74, 6) is 0.677.